The van der Waals surface area contributed by atoms with Crippen LogP contribution in [0.1, 0.15) is 35.0 Å². The molecule has 0 unspecified atom stereocenters. The summed E-state index contributed by atoms with van der Waals surface area (Å²) in [4.78, 5) is 2.23. The van der Waals surface area contributed by atoms with Crippen molar-refractivity contribution in [2.45, 2.75) is 32.7 Å². The van der Waals surface area contributed by atoms with Crippen LogP contribution >= 0.6 is 0 Å². The summed E-state index contributed by atoms with van der Waals surface area (Å²) >= 11 is 0. The van der Waals surface area contributed by atoms with Crippen LogP contribution in [0.3, 0.4) is 0 Å². The highest BCUT2D eigenvalue weighted by molar-refractivity contribution is 5.22. The molecule has 1 aliphatic rings. The molecule has 0 saturated carbocycles. The molecule has 126 valence electrons. The molecule has 0 aliphatic carbocycles. The van der Waals surface area contributed by atoms with E-state index in [0.29, 0.717) is 24.0 Å². The summed E-state index contributed by atoms with van der Waals surface area (Å²) in [6.07, 6.45) is 0.894. The minimum absolute atomic E-state index is 0.577. The fourth-order valence-electron chi connectivity index (χ4n) is 3.01. The van der Waals surface area contributed by atoms with Crippen molar-refractivity contribution >= 4 is 0 Å². The standard InChI is InChI=1S/C15H19N7O2/c1-10-17-18-14(24-10)9-21-5-6-22-11(8-21)7-12(19-22)15(23)13-3-4-16-20(13)2/h3-4,7,15,23H,5-6,8-9H2,1-2H3/t15-/m1/s1. The monoisotopic (exact) mass is 329 g/mol. The van der Waals surface area contributed by atoms with Gasteiger partial charge >= 0.3 is 0 Å². The topological polar surface area (TPSA) is 98.0 Å². The predicted molar refractivity (Wildman–Crippen MR) is 82.6 cm³/mol. The SMILES string of the molecule is Cc1nnc(CN2CCn3nc([C@@H](O)c4ccnn4C)cc3C2)o1. The Bertz CT molecular complexity index is 850. The summed E-state index contributed by atoms with van der Waals surface area (Å²) in [6, 6.07) is 3.75. The second kappa shape index (κ2) is 5.84. The highest BCUT2D eigenvalue weighted by atomic mass is 16.4. The Hall–Kier alpha value is -2.52. The lowest BCUT2D eigenvalue weighted by Gasteiger charge is -2.25. The number of fused-ring (bicyclic) bond motifs is 1. The molecule has 1 aliphatic heterocycles. The summed E-state index contributed by atoms with van der Waals surface area (Å²) in [7, 11) is 1.81. The number of aryl methyl sites for hydroxylation is 2. The molecule has 3 aromatic rings. The van der Waals surface area contributed by atoms with Crippen molar-refractivity contribution in [2.75, 3.05) is 6.54 Å². The van der Waals surface area contributed by atoms with E-state index in [9.17, 15) is 5.11 Å². The lowest BCUT2D eigenvalue weighted by Crippen LogP contribution is -2.33. The van der Waals surface area contributed by atoms with Gasteiger partial charge in [0.1, 0.15) is 6.10 Å². The Morgan fingerprint density at radius 2 is 2.21 bits per heavy atom. The van der Waals surface area contributed by atoms with Crippen LogP contribution in [0, 0.1) is 6.92 Å². The van der Waals surface area contributed by atoms with Gasteiger partial charge in [-0.2, -0.15) is 10.2 Å². The van der Waals surface area contributed by atoms with Gasteiger partial charge < -0.3 is 9.52 Å². The summed E-state index contributed by atoms with van der Waals surface area (Å²) in [5.74, 6) is 1.20. The van der Waals surface area contributed by atoms with Gasteiger partial charge in [0.05, 0.1) is 30.2 Å². The number of hydrogen-bond donors (Lipinski definition) is 1. The molecule has 4 heterocycles. The number of aliphatic hydroxyl groups is 1. The number of nitrogens with zero attached hydrogens (tertiary/aromatic N) is 7. The van der Waals surface area contributed by atoms with Crippen LogP contribution in [-0.4, -0.2) is 46.3 Å². The molecule has 0 spiro atoms. The third-order valence-corrected chi connectivity index (χ3v) is 4.24. The molecule has 9 nitrogen and oxygen atoms in total. The molecule has 0 saturated heterocycles. The minimum Gasteiger partial charge on any atom is -0.424 e. The van der Waals surface area contributed by atoms with Gasteiger partial charge in [-0.05, 0) is 12.1 Å². The molecular formula is C15H19N7O2. The minimum atomic E-state index is -0.775. The summed E-state index contributed by atoms with van der Waals surface area (Å²) in [5, 5.41) is 27.1. The average molecular weight is 329 g/mol. The van der Waals surface area contributed by atoms with Gasteiger partial charge in [-0.25, -0.2) is 0 Å². The summed E-state index contributed by atoms with van der Waals surface area (Å²) in [5.41, 5.74) is 2.43. The average Bonchev–Trinajstić information content (AvgIpc) is 3.26. The quantitative estimate of drug-likeness (QED) is 0.740. The molecule has 0 radical (unpaired) electrons. The first kappa shape index (κ1) is 15.0. The Kier molecular flexibility index (Phi) is 3.66. The van der Waals surface area contributed by atoms with E-state index < -0.39 is 6.10 Å². The van der Waals surface area contributed by atoms with Crippen LogP contribution in [0.15, 0.2) is 22.7 Å². The van der Waals surface area contributed by atoms with E-state index in [1.807, 2.05) is 17.8 Å². The van der Waals surface area contributed by atoms with Gasteiger partial charge in [-0.15, -0.1) is 10.2 Å². The number of aliphatic hydroxyl groups excluding tert-OH is 1. The van der Waals surface area contributed by atoms with Crippen LogP contribution < -0.4 is 0 Å². The van der Waals surface area contributed by atoms with E-state index in [2.05, 4.69) is 25.3 Å². The molecule has 1 N–H and O–H groups in total. The van der Waals surface area contributed by atoms with Crippen molar-refractivity contribution in [3.8, 4) is 0 Å². The van der Waals surface area contributed by atoms with E-state index in [1.165, 1.54) is 0 Å². The zero-order chi connectivity index (χ0) is 16.7. The summed E-state index contributed by atoms with van der Waals surface area (Å²) in [6.45, 7) is 4.74. The number of rotatable bonds is 4. The second-order valence-corrected chi connectivity index (χ2v) is 5.99. The van der Waals surface area contributed by atoms with Gasteiger partial charge in [0.15, 0.2) is 0 Å². The fraction of sp³-hybridized carbons (Fsp3) is 0.467. The molecule has 0 fully saturated rings. The van der Waals surface area contributed by atoms with Gasteiger partial charge in [0, 0.05) is 33.3 Å². The first-order chi connectivity index (χ1) is 11.6. The van der Waals surface area contributed by atoms with E-state index in [-0.39, 0.29) is 0 Å². The maximum absolute atomic E-state index is 10.5. The van der Waals surface area contributed by atoms with Crippen LogP contribution in [0.2, 0.25) is 0 Å². The highest BCUT2D eigenvalue weighted by Gasteiger charge is 2.24. The van der Waals surface area contributed by atoms with Gasteiger partial charge in [-0.3, -0.25) is 14.3 Å². The Morgan fingerprint density at radius 3 is 2.92 bits per heavy atom. The predicted octanol–water partition coefficient (Wildman–Crippen LogP) is 0.406. The van der Waals surface area contributed by atoms with E-state index >= 15 is 0 Å². The molecular weight excluding hydrogens is 310 g/mol. The van der Waals surface area contributed by atoms with Gasteiger partial charge in [-0.1, -0.05) is 0 Å². The maximum atomic E-state index is 10.5. The molecule has 9 heteroatoms. The number of aromatic nitrogens is 6. The van der Waals surface area contributed by atoms with Gasteiger partial charge in [0.25, 0.3) is 0 Å². The first-order valence-electron chi connectivity index (χ1n) is 7.84. The maximum Gasteiger partial charge on any atom is 0.230 e. The van der Waals surface area contributed by atoms with Gasteiger partial charge in [0.2, 0.25) is 11.8 Å². The Balaban J connectivity index is 1.50. The number of hydrogen-bond acceptors (Lipinski definition) is 7. The first-order valence-corrected chi connectivity index (χ1v) is 7.84. The lowest BCUT2D eigenvalue weighted by molar-refractivity contribution is 0.184. The third-order valence-electron chi connectivity index (χ3n) is 4.24. The van der Waals surface area contributed by atoms with Crippen LogP contribution in [0.5, 0.6) is 0 Å². The van der Waals surface area contributed by atoms with Crippen LogP contribution in [0.4, 0.5) is 0 Å². The smallest absolute Gasteiger partial charge is 0.230 e. The van der Waals surface area contributed by atoms with Crippen LogP contribution in [-0.2, 0) is 26.7 Å². The fourth-order valence-corrected chi connectivity index (χ4v) is 3.01. The molecule has 24 heavy (non-hydrogen) atoms. The van der Waals surface area contributed by atoms with Crippen molar-refractivity contribution in [1.29, 1.82) is 0 Å². The molecule has 3 aromatic heterocycles. The third kappa shape index (κ3) is 2.72. The lowest BCUT2D eigenvalue weighted by atomic mass is 10.1. The highest BCUT2D eigenvalue weighted by Crippen LogP contribution is 2.23. The largest absolute Gasteiger partial charge is 0.424 e. The molecule has 4 rings (SSSR count). The second-order valence-electron chi connectivity index (χ2n) is 5.99. The molecule has 0 bridgehead atoms. The molecule has 0 aromatic carbocycles. The van der Waals surface area contributed by atoms with Crippen molar-refractivity contribution in [1.82, 2.24) is 34.7 Å². The Labute approximate surface area is 138 Å². The van der Waals surface area contributed by atoms with Crippen molar-refractivity contribution in [3.63, 3.8) is 0 Å². The zero-order valence-corrected chi connectivity index (χ0v) is 13.6. The van der Waals surface area contributed by atoms with Crippen molar-refractivity contribution in [3.05, 3.63) is 47.2 Å². The molecule has 0 amide bonds. The van der Waals surface area contributed by atoms with Crippen molar-refractivity contribution in [2.24, 2.45) is 7.05 Å². The van der Waals surface area contributed by atoms with E-state index in [0.717, 1.165) is 31.0 Å². The van der Waals surface area contributed by atoms with Crippen LogP contribution in [0.25, 0.3) is 0 Å². The van der Waals surface area contributed by atoms with E-state index in [1.54, 1.807) is 23.9 Å². The van der Waals surface area contributed by atoms with Crippen molar-refractivity contribution < 1.29 is 9.52 Å². The Morgan fingerprint density at radius 1 is 1.33 bits per heavy atom. The molecule has 1 atom stereocenters. The van der Waals surface area contributed by atoms with E-state index in [4.69, 9.17) is 4.42 Å². The summed E-state index contributed by atoms with van der Waals surface area (Å²) < 4.78 is 9.05. The normalized spacial score (nSPS) is 16.3. The zero-order valence-electron chi connectivity index (χ0n) is 13.6.